The second-order valence-corrected chi connectivity index (χ2v) is 6.00. The molecule has 0 radical (unpaired) electrons. The Morgan fingerprint density at radius 2 is 2.45 bits per heavy atom. The molecule has 1 fully saturated rings. The molecule has 1 N–H and O–H groups in total. The zero-order chi connectivity index (χ0) is 8.32. The average Bonchev–Trinajstić information content (AvgIpc) is 2.33. The van der Waals surface area contributed by atoms with Crippen molar-refractivity contribution in [2.45, 2.75) is 30.9 Å². The van der Waals surface area contributed by atoms with Crippen molar-refractivity contribution in [3.05, 3.63) is 0 Å². The molecular weight excluding hydrogens is 180 g/mol. The minimum Gasteiger partial charge on any atom is -0.481 e. The summed E-state index contributed by atoms with van der Waals surface area (Å²) in [6.07, 6.45) is 2.26. The van der Waals surface area contributed by atoms with Crippen molar-refractivity contribution >= 4 is 27.6 Å². The normalized spacial score (nSPS) is 30.6. The third-order valence-corrected chi connectivity index (χ3v) is 5.20. The smallest absolute Gasteiger partial charge is 0.303 e. The fourth-order valence-corrected chi connectivity index (χ4v) is 4.28. The van der Waals surface area contributed by atoms with Crippen molar-refractivity contribution in [2.24, 2.45) is 0 Å². The SMILES string of the molecule is CC1(CCC(=O)O)CCSS1. The minimum absolute atomic E-state index is 0.225. The Labute approximate surface area is 74.5 Å². The van der Waals surface area contributed by atoms with Gasteiger partial charge in [-0.2, -0.15) is 0 Å². The van der Waals surface area contributed by atoms with Crippen LogP contribution in [0.15, 0.2) is 0 Å². The lowest BCUT2D eigenvalue weighted by molar-refractivity contribution is -0.137. The third kappa shape index (κ3) is 2.95. The number of hydrogen-bond acceptors (Lipinski definition) is 3. The highest BCUT2D eigenvalue weighted by molar-refractivity contribution is 8.77. The molecule has 1 aliphatic rings. The lowest BCUT2D eigenvalue weighted by atomic mass is 10.0. The van der Waals surface area contributed by atoms with Gasteiger partial charge in [0, 0.05) is 16.9 Å². The van der Waals surface area contributed by atoms with Gasteiger partial charge in [-0.3, -0.25) is 4.79 Å². The van der Waals surface area contributed by atoms with Crippen LogP contribution in [0.25, 0.3) is 0 Å². The van der Waals surface area contributed by atoms with Gasteiger partial charge in [-0.05, 0) is 19.8 Å². The standard InChI is InChI=1S/C7H12O2S2/c1-7(3-2-6(8)9)4-5-10-11-7/h2-5H2,1H3,(H,8,9). The van der Waals surface area contributed by atoms with Crippen molar-refractivity contribution < 1.29 is 9.90 Å². The van der Waals surface area contributed by atoms with E-state index in [9.17, 15) is 4.79 Å². The molecule has 0 aromatic heterocycles. The van der Waals surface area contributed by atoms with Gasteiger partial charge in [0.1, 0.15) is 0 Å². The van der Waals surface area contributed by atoms with E-state index in [-0.39, 0.29) is 4.75 Å². The molecule has 1 rings (SSSR count). The molecule has 0 aromatic carbocycles. The molecule has 0 amide bonds. The van der Waals surface area contributed by atoms with Crippen molar-refractivity contribution in [1.82, 2.24) is 0 Å². The summed E-state index contributed by atoms with van der Waals surface area (Å²) >= 11 is 0. The van der Waals surface area contributed by atoms with Crippen LogP contribution >= 0.6 is 21.6 Å². The fraction of sp³-hybridized carbons (Fsp3) is 0.857. The maximum Gasteiger partial charge on any atom is 0.303 e. The van der Waals surface area contributed by atoms with Gasteiger partial charge in [0.2, 0.25) is 0 Å². The van der Waals surface area contributed by atoms with Crippen LogP contribution in [0.3, 0.4) is 0 Å². The largest absolute Gasteiger partial charge is 0.481 e. The predicted octanol–water partition coefficient (Wildman–Crippen LogP) is 2.40. The van der Waals surface area contributed by atoms with Crippen LogP contribution in [0.2, 0.25) is 0 Å². The van der Waals surface area contributed by atoms with Gasteiger partial charge in [-0.1, -0.05) is 21.6 Å². The maximum absolute atomic E-state index is 10.3. The van der Waals surface area contributed by atoms with E-state index in [2.05, 4.69) is 6.92 Å². The van der Waals surface area contributed by atoms with Gasteiger partial charge >= 0.3 is 5.97 Å². The number of carboxylic acid groups (broad SMARTS) is 1. The van der Waals surface area contributed by atoms with Crippen LogP contribution in [0.4, 0.5) is 0 Å². The van der Waals surface area contributed by atoms with E-state index in [0.29, 0.717) is 6.42 Å². The summed E-state index contributed by atoms with van der Waals surface area (Å²) in [4.78, 5) is 10.3. The number of carbonyl (C=O) groups is 1. The van der Waals surface area contributed by atoms with E-state index < -0.39 is 5.97 Å². The molecule has 1 saturated heterocycles. The second kappa shape index (κ2) is 3.72. The quantitative estimate of drug-likeness (QED) is 0.697. The van der Waals surface area contributed by atoms with E-state index in [1.807, 2.05) is 21.6 Å². The Bertz CT molecular complexity index is 153. The Kier molecular flexibility index (Phi) is 3.13. The monoisotopic (exact) mass is 192 g/mol. The first-order valence-electron chi connectivity index (χ1n) is 3.65. The number of aliphatic carboxylic acids is 1. The predicted molar refractivity (Wildman–Crippen MR) is 49.9 cm³/mol. The molecule has 0 aliphatic carbocycles. The number of rotatable bonds is 3. The topological polar surface area (TPSA) is 37.3 Å². The molecule has 1 aliphatic heterocycles. The van der Waals surface area contributed by atoms with Crippen LogP contribution in [0.5, 0.6) is 0 Å². The highest BCUT2D eigenvalue weighted by Gasteiger charge is 2.30. The maximum atomic E-state index is 10.3. The molecule has 4 heteroatoms. The zero-order valence-corrected chi connectivity index (χ0v) is 8.13. The van der Waals surface area contributed by atoms with Crippen LogP contribution in [0, 0.1) is 0 Å². The molecule has 11 heavy (non-hydrogen) atoms. The summed E-state index contributed by atoms with van der Waals surface area (Å²) in [6.45, 7) is 2.15. The van der Waals surface area contributed by atoms with E-state index in [0.717, 1.165) is 12.8 Å². The van der Waals surface area contributed by atoms with Crippen molar-refractivity contribution in [3.8, 4) is 0 Å². The van der Waals surface area contributed by atoms with E-state index in [4.69, 9.17) is 5.11 Å². The van der Waals surface area contributed by atoms with Gasteiger partial charge in [0.25, 0.3) is 0 Å². The van der Waals surface area contributed by atoms with Crippen LogP contribution < -0.4 is 0 Å². The molecule has 0 bridgehead atoms. The van der Waals surface area contributed by atoms with Crippen LogP contribution in [-0.4, -0.2) is 21.6 Å². The molecule has 1 heterocycles. The summed E-state index contributed by atoms with van der Waals surface area (Å²) in [5, 5.41) is 8.47. The molecule has 2 nitrogen and oxygen atoms in total. The van der Waals surface area contributed by atoms with Crippen LogP contribution in [0.1, 0.15) is 26.2 Å². The molecule has 1 unspecified atom stereocenters. The second-order valence-electron chi connectivity index (χ2n) is 3.00. The lowest BCUT2D eigenvalue weighted by Crippen LogP contribution is -2.17. The number of carboxylic acids is 1. The highest BCUT2D eigenvalue weighted by Crippen LogP contribution is 2.48. The lowest BCUT2D eigenvalue weighted by Gasteiger charge is -2.19. The first-order valence-corrected chi connectivity index (χ1v) is 5.97. The van der Waals surface area contributed by atoms with Gasteiger partial charge in [-0.15, -0.1) is 0 Å². The Morgan fingerprint density at radius 3 is 2.91 bits per heavy atom. The Hall–Kier alpha value is 0.170. The van der Waals surface area contributed by atoms with Crippen LogP contribution in [-0.2, 0) is 4.79 Å². The Morgan fingerprint density at radius 1 is 1.73 bits per heavy atom. The van der Waals surface area contributed by atoms with E-state index >= 15 is 0 Å². The van der Waals surface area contributed by atoms with Gasteiger partial charge in [0.05, 0.1) is 0 Å². The third-order valence-electron chi connectivity index (χ3n) is 1.84. The minimum atomic E-state index is -0.677. The summed E-state index contributed by atoms with van der Waals surface area (Å²) in [5.74, 6) is 0.490. The number of hydrogen-bond donors (Lipinski definition) is 1. The first-order chi connectivity index (χ1) is 5.12. The first kappa shape index (κ1) is 9.26. The van der Waals surface area contributed by atoms with Gasteiger partial charge in [-0.25, -0.2) is 0 Å². The molecule has 1 atom stereocenters. The van der Waals surface area contributed by atoms with E-state index in [1.54, 1.807) is 0 Å². The van der Waals surface area contributed by atoms with Gasteiger partial charge < -0.3 is 5.11 Å². The fourth-order valence-electron chi connectivity index (χ4n) is 1.02. The summed E-state index contributed by atoms with van der Waals surface area (Å²) in [7, 11) is 3.70. The highest BCUT2D eigenvalue weighted by atomic mass is 33.1. The Balaban J connectivity index is 2.28. The average molecular weight is 192 g/mol. The van der Waals surface area contributed by atoms with Crippen molar-refractivity contribution in [1.29, 1.82) is 0 Å². The summed E-state index contributed by atoms with van der Waals surface area (Å²) in [5.41, 5.74) is 0. The summed E-state index contributed by atoms with van der Waals surface area (Å²) < 4.78 is 0.225. The van der Waals surface area contributed by atoms with Crippen molar-refractivity contribution in [3.63, 3.8) is 0 Å². The van der Waals surface area contributed by atoms with Gasteiger partial charge in [0.15, 0.2) is 0 Å². The van der Waals surface area contributed by atoms with Crippen molar-refractivity contribution in [2.75, 3.05) is 5.75 Å². The molecular formula is C7H12O2S2. The molecule has 0 spiro atoms. The molecule has 0 aromatic rings. The van der Waals surface area contributed by atoms with E-state index in [1.165, 1.54) is 5.75 Å². The molecule has 0 saturated carbocycles. The molecule has 64 valence electrons. The zero-order valence-electron chi connectivity index (χ0n) is 6.50. The summed E-state index contributed by atoms with van der Waals surface area (Å²) in [6, 6.07) is 0.